The van der Waals surface area contributed by atoms with Crippen LogP contribution in [-0.4, -0.2) is 25.4 Å². The van der Waals surface area contributed by atoms with E-state index >= 15 is 0 Å². The second-order valence-corrected chi connectivity index (χ2v) is 4.58. The molecule has 0 aliphatic rings. The van der Waals surface area contributed by atoms with Crippen LogP contribution in [0.4, 0.5) is 0 Å². The van der Waals surface area contributed by atoms with Crippen LogP contribution in [0, 0.1) is 33.5 Å². The van der Waals surface area contributed by atoms with Gasteiger partial charge in [-0.1, -0.05) is 0 Å². The molecule has 0 unspecified atom stereocenters. The zero-order chi connectivity index (χ0) is 12.5. The molecule has 0 spiro atoms. The summed E-state index contributed by atoms with van der Waals surface area (Å²) in [6.45, 7) is 7.50. The number of aliphatic hydroxyl groups is 1. The first-order chi connectivity index (χ1) is 6.74. The summed E-state index contributed by atoms with van der Waals surface area (Å²) in [6.07, 6.45) is 0. The Labute approximate surface area is 92.1 Å². The van der Waals surface area contributed by atoms with Gasteiger partial charge < -0.3 is 9.84 Å². The highest BCUT2D eigenvalue weighted by molar-refractivity contribution is 4.91. The number of rotatable bonds is 3. The van der Waals surface area contributed by atoms with Crippen LogP contribution in [-0.2, 0) is 4.74 Å². The average molecular weight is 212 g/mol. The smallest absolute Gasteiger partial charge is 0.0750 e. The zero-order valence-corrected chi connectivity index (χ0v) is 10.2. The predicted octanol–water partition coefficient (Wildman–Crippen LogP) is 1.71. The molecule has 0 saturated carbocycles. The second-order valence-electron chi connectivity index (χ2n) is 4.58. The molecule has 0 aromatic rings. The number of hydrogen-bond donors (Lipinski definition) is 1. The number of methoxy groups -OCH3 is 1. The van der Waals surface area contributed by atoms with Gasteiger partial charge in [0.05, 0.1) is 36.2 Å². The van der Waals surface area contributed by atoms with Crippen LogP contribution in [0.5, 0.6) is 0 Å². The Morgan fingerprint density at radius 3 is 1.53 bits per heavy atom. The van der Waals surface area contributed by atoms with Gasteiger partial charge in [0.2, 0.25) is 0 Å². The SMILES string of the molecule is CC(C)(C#N)CO.COCC(C)(C)C#N. The molecule has 0 saturated heterocycles. The van der Waals surface area contributed by atoms with Crippen LogP contribution in [0.2, 0.25) is 0 Å². The van der Waals surface area contributed by atoms with Crippen LogP contribution in [0.15, 0.2) is 0 Å². The monoisotopic (exact) mass is 212 g/mol. The number of nitriles is 2. The molecule has 0 aromatic heterocycles. The molecule has 0 rings (SSSR count). The summed E-state index contributed by atoms with van der Waals surface area (Å²) in [5.41, 5.74) is -0.880. The standard InChI is InChI=1S/C6H11NO.C5H9NO/c1-6(2,4-7)5-8-3;1-5(2,3-6)4-7/h5H2,1-3H3;7H,4H2,1-2H3. The molecule has 0 bridgehead atoms. The fourth-order valence-corrected chi connectivity index (χ4v) is 0.428. The predicted molar refractivity (Wildman–Crippen MR) is 57.7 cm³/mol. The molecule has 0 radical (unpaired) electrons. The Bertz CT molecular complexity index is 246. The summed E-state index contributed by atoms with van der Waals surface area (Å²) in [4.78, 5) is 0. The lowest BCUT2D eigenvalue weighted by Crippen LogP contribution is -2.14. The molecule has 0 aliphatic carbocycles. The third-order valence-corrected chi connectivity index (χ3v) is 1.51. The fraction of sp³-hybridized carbons (Fsp3) is 0.818. The first kappa shape index (κ1) is 16.3. The normalized spacial score (nSPS) is 10.7. The third kappa shape index (κ3) is 10.8. The van der Waals surface area contributed by atoms with E-state index in [0.717, 1.165) is 0 Å². The number of nitrogens with zero attached hydrogens (tertiary/aromatic N) is 2. The van der Waals surface area contributed by atoms with E-state index in [0.29, 0.717) is 6.61 Å². The number of ether oxygens (including phenoxy) is 1. The van der Waals surface area contributed by atoms with Gasteiger partial charge in [0.15, 0.2) is 0 Å². The quantitative estimate of drug-likeness (QED) is 0.772. The van der Waals surface area contributed by atoms with Crippen molar-refractivity contribution in [2.75, 3.05) is 20.3 Å². The van der Waals surface area contributed by atoms with Gasteiger partial charge in [0.1, 0.15) is 0 Å². The lowest BCUT2D eigenvalue weighted by atomic mass is 9.98. The summed E-state index contributed by atoms with van der Waals surface area (Å²) < 4.78 is 4.78. The molecule has 0 heterocycles. The Morgan fingerprint density at radius 2 is 1.47 bits per heavy atom. The van der Waals surface area contributed by atoms with Gasteiger partial charge in [-0.2, -0.15) is 10.5 Å². The first-order valence-electron chi connectivity index (χ1n) is 4.67. The van der Waals surface area contributed by atoms with Crippen molar-refractivity contribution < 1.29 is 9.84 Å². The topological polar surface area (TPSA) is 77.0 Å². The van der Waals surface area contributed by atoms with E-state index in [2.05, 4.69) is 6.07 Å². The minimum atomic E-state index is -0.556. The van der Waals surface area contributed by atoms with Gasteiger partial charge in [0, 0.05) is 7.11 Å². The lowest BCUT2D eigenvalue weighted by molar-refractivity contribution is 0.136. The number of aliphatic hydroxyl groups excluding tert-OH is 1. The van der Waals surface area contributed by atoms with E-state index < -0.39 is 5.41 Å². The van der Waals surface area contributed by atoms with Gasteiger partial charge in [-0.3, -0.25) is 0 Å². The maximum atomic E-state index is 8.40. The molecule has 4 heteroatoms. The molecule has 86 valence electrons. The van der Waals surface area contributed by atoms with Crippen molar-refractivity contribution in [3.8, 4) is 12.1 Å². The molecule has 15 heavy (non-hydrogen) atoms. The van der Waals surface area contributed by atoms with Crippen LogP contribution >= 0.6 is 0 Å². The Hall–Kier alpha value is -1.10. The van der Waals surface area contributed by atoms with Crippen molar-refractivity contribution in [1.29, 1.82) is 10.5 Å². The van der Waals surface area contributed by atoms with Gasteiger partial charge in [-0.05, 0) is 27.7 Å². The highest BCUT2D eigenvalue weighted by Crippen LogP contribution is 2.11. The zero-order valence-electron chi connectivity index (χ0n) is 10.2. The van der Waals surface area contributed by atoms with Crippen molar-refractivity contribution in [2.45, 2.75) is 27.7 Å². The molecule has 0 aromatic carbocycles. The van der Waals surface area contributed by atoms with Gasteiger partial charge >= 0.3 is 0 Å². The minimum absolute atomic E-state index is 0.0660. The molecule has 0 atom stereocenters. The highest BCUT2D eigenvalue weighted by Gasteiger charge is 2.14. The molecule has 1 N–H and O–H groups in total. The van der Waals surface area contributed by atoms with Gasteiger partial charge in [-0.15, -0.1) is 0 Å². The molecule has 0 aliphatic heterocycles. The molecule has 4 nitrogen and oxygen atoms in total. The summed E-state index contributed by atoms with van der Waals surface area (Å²) >= 11 is 0. The Morgan fingerprint density at radius 1 is 1.07 bits per heavy atom. The summed E-state index contributed by atoms with van der Waals surface area (Å²) in [5, 5.41) is 25.0. The van der Waals surface area contributed by atoms with Crippen molar-refractivity contribution in [3.05, 3.63) is 0 Å². The van der Waals surface area contributed by atoms with E-state index in [1.54, 1.807) is 21.0 Å². The molecular weight excluding hydrogens is 192 g/mol. The minimum Gasteiger partial charge on any atom is -0.395 e. The van der Waals surface area contributed by atoms with Gasteiger partial charge in [0.25, 0.3) is 0 Å². The van der Waals surface area contributed by atoms with Crippen molar-refractivity contribution in [2.24, 2.45) is 10.8 Å². The van der Waals surface area contributed by atoms with Crippen molar-refractivity contribution in [3.63, 3.8) is 0 Å². The maximum Gasteiger partial charge on any atom is 0.0750 e. The Kier molecular flexibility index (Phi) is 7.87. The molecule has 0 amide bonds. The first-order valence-corrected chi connectivity index (χ1v) is 4.67. The van der Waals surface area contributed by atoms with Crippen LogP contribution < -0.4 is 0 Å². The fourth-order valence-electron chi connectivity index (χ4n) is 0.428. The summed E-state index contributed by atoms with van der Waals surface area (Å²) in [6, 6.07) is 4.06. The third-order valence-electron chi connectivity index (χ3n) is 1.51. The lowest BCUT2D eigenvalue weighted by Gasteiger charge is -2.11. The average Bonchev–Trinajstić information content (AvgIpc) is 2.19. The van der Waals surface area contributed by atoms with E-state index in [4.69, 9.17) is 20.4 Å². The number of hydrogen-bond acceptors (Lipinski definition) is 4. The summed E-state index contributed by atoms with van der Waals surface area (Å²) in [5.74, 6) is 0. The molecule has 0 fully saturated rings. The summed E-state index contributed by atoms with van der Waals surface area (Å²) in [7, 11) is 1.60. The van der Waals surface area contributed by atoms with E-state index in [-0.39, 0.29) is 12.0 Å². The van der Waals surface area contributed by atoms with Crippen molar-refractivity contribution in [1.82, 2.24) is 0 Å². The van der Waals surface area contributed by atoms with Crippen LogP contribution in [0.25, 0.3) is 0 Å². The van der Waals surface area contributed by atoms with E-state index in [9.17, 15) is 0 Å². The Balaban J connectivity index is 0. The molecular formula is C11H20N2O2. The second kappa shape index (κ2) is 7.23. The van der Waals surface area contributed by atoms with Crippen molar-refractivity contribution >= 4 is 0 Å². The van der Waals surface area contributed by atoms with Crippen LogP contribution in [0.1, 0.15) is 27.7 Å². The van der Waals surface area contributed by atoms with E-state index in [1.807, 2.05) is 19.9 Å². The van der Waals surface area contributed by atoms with Crippen LogP contribution in [0.3, 0.4) is 0 Å². The van der Waals surface area contributed by atoms with Gasteiger partial charge in [-0.25, -0.2) is 0 Å². The van der Waals surface area contributed by atoms with E-state index in [1.165, 1.54) is 0 Å². The highest BCUT2D eigenvalue weighted by atomic mass is 16.5. The maximum absolute atomic E-state index is 8.40. The largest absolute Gasteiger partial charge is 0.395 e.